The Balaban J connectivity index is 1.74. The first-order valence-electron chi connectivity index (χ1n) is 10.9. The molecule has 0 saturated heterocycles. The maximum atomic E-state index is 5.63. The molecule has 0 unspecified atom stereocenters. The van der Waals surface area contributed by atoms with E-state index < -0.39 is 0 Å². The summed E-state index contributed by atoms with van der Waals surface area (Å²) in [6.45, 7) is 0.781. The van der Waals surface area contributed by atoms with Crippen molar-refractivity contribution in [2.75, 3.05) is 28.4 Å². The normalized spacial score (nSPS) is 17.4. The van der Waals surface area contributed by atoms with Gasteiger partial charge in [-0.25, -0.2) is 0 Å². The number of methoxy groups -OCH3 is 4. The second kappa shape index (κ2) is 9.96. The van der Waals surface area contributed by atoms with Gasteiger partial charge in [-0.15, -0.1) is 0 Å². The van der Waals surface area contributed by atoms with Crippen LogP contribution < -0.4 is 24.3 Å². The highest BCUT2D eigenvalue weighted by Gasteiger charge is 2.32. The zero-order valence-electron chi connectivity index (χ0n) is 19.2. The Hall–Kier alpha value is -3.18. The fourth-order valence-electron chi connectivity index (χ4n) is 4.66. The van der Waals surface area contributed by atoms with Gasteiger partial charge in [0, 0.05) is 18.5 Å². The van der Waals surface area contributed by atoms with Crippen LogP contribution in [0.2, 0.25) is 0 Å². The molecule has 4 rings (SSSR count). The van der Waals surface area contributed by atoms with Crippen molar-refractivity contribution in [2.45, 2.75) is 31.3 Å². The molecule has 168 valence electrons. The second-order valence-corrected chi connectivity index (χ2v) is 8.01. The third kappa shape index (κ3) is 4.39. The predicted octanol–water partition coefficient (Wildman–Crippen LogP) is 5.28. The maximum Gasteiger partial charge on any atom is 0.161 e. The minimum absolute atomic E-state index is 0.122. The van der Waals surface area contributed by atoms with E-state index >= 15 is 0 Å². The Labute approximate surface area is 190 Å². The molecule has 0 fully saturated rings. The van der Waals surface area contributed by atoms with Gasteiger partial charge in [-0.2, -0.15) is 0 Å². The summed E-state index contributed by atoms with van der Waals surface area (Å²) in [6, 6.07) is 21.1. The Morgan fingerprint density at radius 1 is 0.750 bits per heavy atom. The van der Waals surface area contributed by atoms with Crippen LogP contribution in [0.25, 0.3) is 0 Å². The maximum absolute atomic E-state index is 5.63. The van der Waals surface area contributed by atoms with Crippen molar-refractivity contribution >= 4 is 0 Å². The van der Waals surface area contributed by atoms with Gasteiger partial charge < -0.3 is 24.3 Å². The van der Waals surface area contributed by atoms with E-state index in [-0.39, 0.29) is 12.0 Å². The van der Waals surface area contributed by atoms with Crippen LogP contribution in [0.1, 0.15) is 40.6 Å². The zero-order valence-corrected chi connectivity index (χ0v) is 19.2. The Bertz CT molecular complexity index is 1050. The van der Waals surface area contributed by atoms with E-state index in [1.165, 1.54) is 22.3 Å². The molecule has 0 radical (unpaired) electrons. The van der Waals surface area contributed by atoms with Gasteiger partial charge in [-0.05, 0) is 59.4 Å². The molecule has 0 saturated carbocycles. The fourth-order valence-corrected chi connectivity index (χ4v) is 4.66. The molecule has 0 bridgehead atoms. The van der Waals surface area contributed by atoms with Crippen LogP contribution in [0.15, 0.2) is 60.7 Å². The van der Waals surface area contributed by atoms with Gasteiger partial charge in [0.1, 0.15) is 0 Å². The average Bonchev–Trinajstić information content (AvgIpc) is 2.86. The lowest BCUT2D eigenvalue weighted by Gasteiger charge is -2.35. The van der Waals surface area contributed by atoms with Crippen LogP contribution in [-0.4, -0.2) is 28.4 Å². The first-order valence-corrected chi connectivity index (χ1v) is 10.9. The van der Waals surface area contributed by atoms with Crippen LogP contribution in [-0.2, 0) is 13.0 Å². The van der Waals surface area contributed by atoms with Gasteiger partial charge >= 0.3 is 0 Å². The number of hydrogen-bond donors (Lipinski definition) is 1. The number of nitrogens with one attached hydrogen (secondary N) is 1. The predicted molar refractivity (Wildman–Crippen MR) is 126 cm³/mol. The van der Waals surface area contributed by atoms with Crippen LogP contribution in [0, 0.1) is 0 Å². The minimum atomic E-state index is 0.122. The molecular formula is C27H31NO4. The largest absolute Gasteiger partial charge is 0.493 e. The molecule has 1 aliphatic rings. The second-order valence-electron chi connectivity index (χ2n) is 8.01. The summed E-state index contributed by atoms with van der Waals surface area (Å²) in [7, 11) is 6.72. The van der Waals surface area contributed by atoms with E-state index in [2.05, 4.69) is 53.8 Å². The van der Waals surface area contributed by atoms with Gasteiger partial charge in [-0.3, -0.25) is 0 Å². The van der Waals surface area contributed by atoms with Gasteiger partial charge in [0.2, 0.25) is 0 Å². The Morgan fingerprint density at radius 2 is 1.41 bits per heavy atom. The van der Waals surface area contributed by atoms with Crippen LogP contribution in [0.5, 0.6) is 23.0 Å². The van der Waals surface area contributed by atoms with Crippen molar-refractivity contribution in [2.24, 2.45) is 0 Å². The van der Waals surface area contributed by atoms with Gasteiger partial charge in [0.25, 0.3) is 0 Å². The average molecular weight is 434 g/mol. The summed E-state index contributed by atoms with van der Waals surface area (Å²) >= 11 is 0. The minimum Gasteiger partial charge on any atom is -0.493 e. The molecule has 2 atom stereocenters. The molecule has 1 aliphatic carbocycles. The molecule has 5 heteroatoms. The summed E-state index contributed by atoms with van der Waals surface area (Å²) in [5.41, 5.74) is 5.04. The van der Waals surface area contributed by atoms with Crippen molar-refractivity contribution in [3.05, 3.63) is 82.9 Å². The molecule has 3 aromatic rings. The SMILES string of the molecule is COc1ccc([C@@H]2CCc3cc(OC)c(OC)cc3[C@@H]2NCc2ccccc2)cc1OC. The molecule has 32 heavy (non-hydrogen) atoms. The zero-order chi connectivity index (χ0) is 22.5. The van der Waals surface area contributed by atoms with E-state index in [0.717, 1.165) is 42.4 Å². The molecule has 5 nitrogen and oxygen atoms in total. The molecule has 0 heterocycles. The number of fused-ring (bicyclic) bond motifs is 1. The third-order valence-corrected chi connectivity index (χ3v) is 6.31. The van der Waals surface area contributed by atoms with E-state index in [0.29, 0.717) is 0 Å². The quantitative estimate of drug-likeness (QED) is 0.524. The van der Waals surface area contributed by atoms with Crippen molar-refractivity contribution in [1.29, 1.82) is 0 Å². The molecule has 0 amide bonds. The highest BCUT2D eigenvalue weighted by atomic mass is 16.5. The van der Waals surface area contributed by atoms with Crippen molar-refractivity contribution in [1.82, 2.24) is 5.32 Å². The molecule has 0 aromatic heterocycles. The van der Waals surface area contributed by atoms with Gasteiger partial charge in [0.15, 0.2) is 23.0 Å². The topological polar surface area (TPSA) is 49.0 Å². The lowest BCUT2D eigenvalue weighted by atomic mass is 9.76. The summed E-state index contributed by atoms with van der Waals surface area (Å²) in [4.78, 5) is 0. The number of rotatable bonds is 8. The number of aryl methyl sites for hydroxylation is 1. The number of hydrogen-bond acceptors (Lipinski definition) is 5. The summed E-state index contributed by atoms with van der Waals surface area (Å²) in [5.74, 6) is 3.31. The molecular weight excluding hydrogens is 402 g/mol. The standard InChI is InChI=1S/C27H31NO4/c1-29-23-13-11-19(14-24(23)30-2)21-12-10-20-15-25(31-3)26(32-4)16-22(20)27(21)28-17-18-8-6-5-7-9-18/h5-9,11,13-16,21,27-28H,10,12,17H2,1-4H3/t21-,27+/m0/s1. The van der Waals surface area contributed by atoms with E-state index in [9.17, 15) is 0 Å². The smallest absolute Gasteiger partial charge is 0.161 e. The van der Waals surface area contributed by atoms with Crippen molar-refractivity contribution in [3.8, 4) is 23.0 Å². The van der Waals surface area contributed by atoms with Crippen LogP contribution in [0.3, 0.4) is 0 Å². The van der Waals surface area contributed by atoms with E-state index in [1.807, 2.05) is 12.1 Å². The van der Waals surface area contributed by atoms with E-state index in [4.69, 9.17) is 18.9 Å². The van der Waals surface area contributed by atoms with Crippen LogP contribution >= 0.6 is 0 Å². The monoisotopic (exact) mass is 433 g/mol. The Kier molecular flexibility index (Phi) is 6.86. The number of benzene rings is 3. The highest BCUT2D eigenvalue weighted by Crippen LogP contribution is 2.46. The van der Waals surface area contributed by atoms with E-state index in [1.54, 1.807) is 28.4 Å². The summed E-state index contributed by atoms with van der Waals surface area (Å²) in [6.07, 6.45) is 1.99. The lowest BCUT2D eigenvalue weighted by molar-refractivity contribution is 0.345. The van der Waals surface area contributed by atoms with Crippen LogP contribution in [0.4, 0.5) is 0 Å². The van der Waals surface area contributed by atoms with Crippen molar-refractivity contribution in [3.63, 3.8) is 0 Å². The van der Waals surface area contributed by atoms with Gasteiger partial charge in [0.05, 0.1) is 28.4 Å². The van der Waals surface area contributed by atoms with Gasteiger partial charge in [-0.1, -0.05) is 36.4 Å². The lowest BCUT2D eigenvalue weighted by Crippen LogP contribution is -2.31. The summed E-state index contributed by atoms with van der Waals surface area (Å²) < 4.78 is 22.2. The van der Waals surface area contributed by atoms with Crippen molar-refractivity contribution < 1.29 is 18.9 Å². The number of ether oxygens (including phenoxy) is 4. The Morgan fingerprint density at radius 3 is 2.09 bits per heavy atom. The molecule has 0 aliphatic heterocycles. The first kappa shape index (κ1) is 22.0. The first-order chi connectivity index (χ1) is 15.7. The highest BCUT2D eigenvalue weighted by molar-refractivity contribution is 5.52. The summed E-state index contributed by atoms with van der Waals surface area (Å²) in [5, 5.41) is 3.83. The fraction of sp³-hybridized carbons (Fsp3) is 0.333. The third-order valence-electron chi connectivity index (χ3n) is 6.31. The molecule has 1 N–H and O–H groups in total. The molecule has 3 aromatic carbocycles. The molecule has 0 spiro atoms.